The van der Waals surface area contributed by atoms with E-state index in [4.69, 9.17) is 39.5 Å². The zero-order chi connectivity index (χ0) is 15.4. The number of hydrogen-bond acceptors (Lipinski definition) is 3. The van der Waals surface area contributed by atoms with Crippen molar-refractivity contribution in [1.82, 2.24) is 10.3 Å². The Balaban J connectivity index is 2.25. The van der Waals surface area contributed by atoms with E-state index in [2.05, 4.69) is 24.1 Å². The Kier molecular flexibility index (Phi) is 5.71. The van der Waals surface area contributed by atoms with Gasteiger partial charge in [0.2, 0.25) is 5.88 Å². The molecular weight excluding hydrogens is 331 g/mol. The SMILES string of the molecule is CC(C)NCc1cccnc1Oc1cc(Cl)c(Cl)cc1Cl. The quantitative estimate of drug-likeness (QED) is 0.743. The number of halogens is 3. The maximum Gasteiger partial charge on any atom is 0.223 e. The summed E-state index contributed by atoms with van der Waals surface area (Å²) in [6.07, 6.45) is 1.67. The molecule has 2 rings (SSSR count). The van der Waals surface area contributed by atoms with Gasteiger partial charge in [-0.05, 0) is 12.1 Å². The van der Waals surface area contributed by atoms with Gasteiger partial charge in [-0.2, -0.15) is 0 Å². The lowest BCUT2D eigenvalue weighted by molar-refractivity contribution is 0.450. The Bertz CT molecular complexity index is 632. The number of pyridine rings is 1. The fourth-order valence-electron chi connectivity index (χ4n) is 1.65. The van der Waals surface area contributed by atoms with E-state index in [0.717, 1.165) is 5.56 Å². The van der Waals surface area contributed by atoms with E-state index in [1.807, 2.05) is 12.1 Å². The summed E-state index contributed by atoms with van der Waals surface area (Å²) in [5.41, 5.74) is 0.938. The largest absolute Gasteiger partial charge is 0.437 e. The summed E-state index contributed by atoms with van der Waals surface area (Å²) in [6.45, 7) is 4.80. The van der Waals surface area contributed by atoms with Gasteiger partial charge in [0.15, 0.2) is 0 Å². The van der Waals surface area contributed by atoms with Crippen LogP contribution in [-0.4, -0.2) is 11.0 Å². The highest BCUT2D eigenvalue weighted by Crippen LogP contribution is 2.36. The second kappa shape index (κ2) is 7.32. The van der Waals surface area contributed by atoms with E-state index in [-0.39, 0.29) is 0 Å². The number of aromatic nitrogens is 1. The van der Waals surface area contributed by atoms with Crippen LogP contribution >= 0.6 is 34.8 Å². The average Bonchev–Trinajstić information content (AvgIpc) is 2.43. The number of nitrogens with zero attached hydrogens (tertiary/aromatic N) is 1. The second-order valence-electron chi connectivity index (χ2n) is 4.80. The van der Waals surface area contributed by atoms with E-state index in [1.165, 1.54) is 0 Å². The lowest BCUT2D eigenvalue weighted by atomic mass is 10.2. The summed E-state index contributed by atoms with van der Waals surface area (Å²) in [6, 6.07) is 7.31. The molecule has 2 aromatic rings. The molecule has 1 N–H and O–H groups in total. The summed E-state index contributed by atoms with van der Waals surface area (Å²) in [7, 11) is 0. The lowest BCUT2D eigenvalue weighted by Gasteiger charge is -2.13. The molecule has 0 aliphatic carbocycles. The molecule has 21 heavy (non-hydrogen) atoms. The van der Waals surface area contributed by atoms with Gasteiger partial charge in [-0.1, -0.05) is 54.7 Å². The van der Waals surface area contributed by atoms with Crippen LogP contribution in [0.1, 0.15) is 19.4 Å². The summed E-state index contributed by atoms with van der Waals surface area (Å²) >= 11 is 18.0. The van der Waals surface area contributed by atoms with Gasteiger partial charge in [0.05, 0.1) is 15.1 Å². The Labute approximate surface area is 139 Å². The molecule has 1 heterocycles. The second-order valence-corrected chi connectivity index (χ2v) is 6.02. The van der Waals surface area contributed by atoms with Gasteiger partial charge in [0.1, 0.15) is 5.75 Å². The van der Waals surface area contributed by atoms with Crippen LogP contribution in [0.3, 0.4) is 0 Å². The van der Waals surface area contributed by atoms with Crippen LogP contribution in [0.25, 0.3) is 0 Å². The predicted octanol–water partition coefficient (Wildman–Crippen LogP) is 5.33. The molecule has 6 heteroatoms. The van der Waals surface area contributed by atoms with Crippen LogP contribution in [0, 0.1) is 0 Å². The fraction of sp³-hybridized carbons (Fsp3) is 0.267. The maximum absolute atomic E-state index is 6.12. The van der Waals surface area contributed by atoms with Gasteiger partial charge in [-0.25, -0.2) is 4.98 Å². The molecule has 0 aliphatic rings. The first-order chi connectivity index (χ1) is 9.97. The molecule has 0 unspecified atom stereocenters. The van der Waals surface area contributed by atoms with Gasteiger partial charge in [0, 0.05) is 30.4 Å². The van der Waals surface area contributed by atoms with Crippen LogP contribution in [0.2, 0.25) is 15.1 Å². The van der Waals surface area contributed by atoms with Crippen LogP contribution in [-0.2, 0) is 6.54 Å². The van der Waals surface area contributed by atoms with E-state index in [1.54, 1.807) is 18.3 Å². The van der Waals surface area contributed by atoms with E-state index in [9.17, 15) is 0 Å². The third-order valence-electron chi connectivity index (χ3n) is 2.73. The maximum atomic E-state index is 6.12. The minimum absolute atomic E-state index is 0.367. The van der Waals surface area contributed by atoms with Crippen molar-refractivity contribution < 1.29 is 4.74 Å². The minimum Gasteiger partial charge on any atom is -0.437 e. The number of hydrogen-bond donors (Lipinski definition) is 1. The number of benzene rings is 1. The Morgan fingerprint density at radius 3 is 2.57 bits per heavy atom. The van der Waals surface area contributed by atoms with Gasteiger partial charge in [-0.3, -0.25) is 0 Å². The van der Waals surface area contributed by atoms with Crippen molar-refractivity contribution >= 4 is 34.8 Å². The molecule has 0 aliphatic heterocycles. The topological polar surface area (TPSA) is 34.2 Å². The first-order valence-electron chi connectivity index (χ1n) is 6.47. The Hall–Kier alpha value is -1.000. The van der Waals surface area contributed by atoms with Gasteiger partial charge in [0.25, 0.3) is 0 Å². The lowest BCUT2D eigenvalue weighted by Crippen LogP contribution is -2.22. The molecule has 0 radical (unpaired) electrons. The van der Waals surface area contributed by atoms with Gasteiger partial charge in [-0.15, -0.1) is 0 Å². The van der Waals surface area contributed by atoms with Crippen LogP contribution in [0.15, 0.2) is 30.5 Å². The van der Waals surface area contributed by atoms with Crippen LogP contribution in [0.5, 0.6) is 11.6 Å². The highest BCUT2D eigenvalue weighted by molar-refractivity contribution is 6.43. The summed E-state index contributed by atoms with van der Waals surface area (Å²) in [5, 5.41) is 4.48. The molecule has 0 fully saturated rings. The monoisotopic (exact) mass is 344 g/mol. The Morgan fingerprint density at radius 2 is 1.86 bits per heavy atom. The third-order valence-corrected chi connectivity index (χ3v) is 3.75. The zero-order valence-electron chi connectivity index (χ0n) is 11.7. The van der Waals surface area contributed by atoms with Crippen LogP contribution in [0.4, 0.5) is 0 Å². The van der Waals surface area contributed by atoms with Crippen molar-refractivity contribution in [2.75, 3.05) is 0 Å². The van der Waals surface area contributed by atoms with Crippen molar-refractivity contribution in [1.29, 1.82) is 0 Å². The van der Waals surface area contributed by atoms with Crippen LogP contribution < -0.4 is 10.1 Å². The van der Waals surface area contributed by atoms with E-state index in [0.29, 0.717) is 39.3 Å². The summed E-state index contributed by atoms with van der Waals surface area (Å²) < 4.78 is 5.78. The van der Waals surface area contributed by atoms with Crippen molar-refractivity contribution in [3.63, 3.8) is 0 Å². The molecule has 1 aromatic heterocycles. The summed E-state index contributed by atoms with van der Waals surface area (Å²) in [4.78, 5) is 4.25. The highest BCUT2D eigenvalue weighted by atomic mass is 35.5. The molecule has 0 saturated heterocycles. The number of nitrogens with one attached hydrogen (secondary N) is 1. The van der Waals surface area contributed by atoms with Gasteiger partial charge >= 0.3 is 0 Å². The molecule has 0 amide bonds. The summed E-state index contributed by atoms with van der Waals surface area (Å²) in [5.74, 6) is 0.918. The third kappa shape index (κ3) is 4.48. The molecule has 0 spiro atoms. The standard InChI is InChI=1S/C15H15Cl3N2O/c1-9(2)20-8-10-4-3-5-19-15(10)21-14-7-12(17)11(16)6-13(14)18/h3-7,9,20H,8H2,1-2H3. The minimum atomic E-state index is 0.367. The van der Waals surface area contributed by atoms with E-state index >= 15 is 0 Å². The van der Waals surface area contributed by atoms with Crippen molar-refractivity contribution in [3.05, 3.63) is 51.1 Å². The highest BCUT2D eigenvalue weighted by Gasteiger charge is 2.11. The normalized spacial score (nSPS) is 11.0. The molecule has 1 aromatic carbocycles. The number of ether oxygens (including phenoxy) is 1. The molecule has 3 nitrogen and oxygen atoms in total. The Morgan fingerprint density at radius 1 is 1.14 bits per heavy atom. The van der Waals surface area contributed by atoms with E-state index < -0.39 is 0 Å². The molecule has 112 valence electrons. The molecule has 0 bridgehead atoms. The zero-order valence-corrected chi connectivity index (χ0v) is 13.9. The van der Waals surface area contributed by atoms with Gasteiger partial charge < -0.3 is 10.1 Å². The molecule has 0 atom stereocenters. The first-order valence-corrected chi connectivity index (χ1v) is 7.60. The number of rotatable bonds is 5. The van der Waals surface area contributed by atoms with Crippen molar-refractivity contribution in [2.24, 2.45) is 0 Å². The van der Waals surface area contributed by atoms with Crippen molar-refractivity contribution in [3.8, 4) is 11.6 Å². The van der Waals surface area contributed by atoms with Crippen molar-refractivity contribution in [2.45, 2.75) is 26.4 Å². The molecule has 0 saturated carbocycles. The smallest absolute Gasteiger partial charge is 0.223 e. The predicted molar refractivity (Wildman–Crippen MR) is 87.8 cm³/mol. The fourth-order valence-corrected chi connectivity index (χ4v) is 2.23. The average molecular weight is 346 g/mol. The first kappa shape index (κ1) is 16.4. The molecular formula is C15H15Cl3N2O.